The quantitative estimate of drug-likeness (QED) is 0.431. The number of hydrogen-bond acceptors (Lipinski definition) is 2. The van der Waals surface area contributed by atoms with Gasteiger partial charge in [-0.05, 0) is 50.7 Å². The van der Waals surface area contributed by atoms with Crippen molar-refractivity contribution in [3.63, 3.8) is 0 Å². The normalized spacial score (nSPS) is 38.8. The van der Waals surface area contributed by atoms with E-state index in [0.717, 1.165) is 12.8 Å². The number of rotatable bonds is 3. The zero-order valence-electron chi connectivity index (χ0n) is 13.7. The Hall–Kier alpha value is -0.123. The Bertz CT molecular complexity index is 383. The lowest BCUT2D eigenvalue weighted by atomic mass is 9.78. The molecular formula is C16H30O2Si. The summed E-state index contributed by atoms with van der Waals surface area (Å²) in [6, 6.07) is 0. The fraction of sp³-hybridized carbons (Fsp3) is 0.875. The van der Waals surface area contributed by atoms with Crippen molar-refractivity contribution in [2.75, 3.05) is 0 Å². The van der Waals surface area contributed by atoms with Crippen molar-refractivity contribution in [2.45, 2.75) is 83.4 Å². The van der Waals surface area contributed by atoms with Crippen LogP contribution >= 0.6 is 0 Å². The summed E-state index contributed by atoms with van der Waals surface area (Å²) >= 11 is 0. The molecule has 1 saturated carbocycles. The summed E-state index contributed by atoms with van der Waals surface area (Å²) < 4.78 is 12.6. The number of ether oxygens (including phenoxy) is 1. The van der Waals surface area contributed by atoms with Gasteiger partial charge >= 0.3 is 0 Å². The van der Waals surface area contributed by atoms with E-state index in [1.165, 1.54) is 5.57 Å². The molecule has 110 valence electrons. The lowest BCUT2D eigenvalue weighted by molar-refractivity contribution is 0.0732. The maximum atomic E-state index is 6.65. The Balaban J connectivity index is 2.12. The molecule has 1 aliphatic carbocycles. The van der Waals surface area contributed by atoms with Gasteiger partial charge in [-0.15, -0.1) is 0 Å². The summed E-state index contributed by atoms with van der Waals surface area (Å²) in [5.41, 5.74) is 1.25. The van der Waals surface area contributed by atoms with Crippen molar-refractivity contribution >= 4 is 8.32 Å². The number of allylic oxidation sites excluding steroid dienone is 1. The first-order valence-corrected chi connectivity index (χ1v) is 10.4. The maximum absolute atomic E-state index is 6.65. The third kappa shape index (κ3) is 2.70. The molecule has 3 heteroatoms. The lowest BCUT2D eigenvalue weighted by Gasteiger charge is -2.42. The van der Waals surface area contributed by atoms with Crippen LogP contribution in [0.3, 0.4) is 0 Å². The summed E-state index contributed by atoms with van der Waals surface area (Å²) in [4.78, 5) is 0. The minimum absolute atomic E-state index is 0.0263. The molecule has 1 saturated heterocycles. The molecule has 3 unspecified atom stereocenters. The molecule has 1 aliphatic heterocycles. The Morgan fingerprint density at radius 2 is 1.89 bits per heavy atom. The van der Waals surface area contributed by atoms with Gasteiger partial charge in [-0.25, -0.2) is 0 Å². The maximum Gasteiger partial charge on any atom is 0.192 e. The van der Waals surface area contributed by atoms with E-state index in [2.05, 4.69) is 54.3 Å². The standard InChI is InChI=1S/C16H30O2Si/c1-11(2)12-9-13-16(6,17-13)14(10-12)18-19(7,8)15(3,4)5/h12-14H,1,9-10H2,2-8H3/t12?,13?,14?,16-/m1/s1. The molecule has 0 aromatic rings. The van der Waals surface area contributed by atoms with Crippen LogP contribution in [0.1, 0.15) is 47.5 Å². The van der Waals surface area contributed by atoms with Gasteiger partial charge in [0.15, 0.2) is 8.32 Å². The van der Waals surface area contributed by atoms with Crippen LogP contribution in [0.2, 0.25) is 18.1 Å². The summed E-state index contributed by atoms with van der Waals surface area (Å²) in [7, 11) is -1.73. The summed E-state index contributed by atoms with van der Waals surface area (Å²) in [6.07, 6.45) is 2.84. The second-order valence-electron chi connectivity index (χ2n) is 8.17. The van der Waals surface area contributed by atoms with Crippen LogP contribution < -0.4 is 0 Å². The Labute approximate surface area is 119 Å². The minimum atomic E-state index is -1.73. The van der Waals surface area contributed by atoms with Crippen LogP contribution in [0.15, 0.2) is 12.2 Å². The van der Waals surface area contributed by atoms with Gasteiger partial charge in [-0.1, -0.05) is 32.9 Å². The predicted octanol–water partition coefficient (Wildman–Crippen LogP) is 4.52. The number of hydrogen-bond donors (Lipinski definition) is 0. The molecular weight excluding hydrogens is 252 g/mol. The molecule has 0 aromatic heterocycles. The molecule has 0 spiro atoms. The van der Waals surface area contributed by atoms with Crippen LogP contribution in [0, 0.1) is 5.92 Å². The van der Waals surface area contributed by atoms with E-state index in [0.29, 0.717) is 12.0 Å². The molecule has 0 bridgehead atoms. The first-order valence-electron chi connectivity index (χ1n) is 7.48. The molecule has 2 fully saturated rings. The SMILES string of the molecule is C=C(C)C1CC2O[C@@]2(C)C(O[Si](C)(C)C(C)(C)C)C1. The van der Waals surface area contributed by atoms with Crippen molar-refractivity contribution in [3.8, 4) is 0 Å². The van der Waals surface area contributed by atoms with Gasteiger partial charge in [0.25, 0.3) is 0 Å². The van der Waals surface area contributed by atoms with Gasteiger partial charge in [0.2, 0.25) is 0 Å². The van der Waals surface area contributed by atoms with Gasteiger partial charge in [0.05, 0.1) is 12.2 Å². The van der Waals surface area contributed by atoms with E-state index < -0.39 is 8.32 Å². The zero-order chi connectivity index (χ0) is 14.6. The summed E-state index contributed by atoms with van der Waals surface area (Å²) in [5, 5.41) is 0.254. The van der Waals surface area contributed by atoms with E-state index in [1.54, 1.807) is 0 Å². The molecule has 19 heavy (non-hydrogen) atoms. The molecule has 0 aromatic carbocycles. The van der Waals surface area contributed by atoms with Crippen LogP contribution in [0.25, 0.3) is 0 Å². The highest BCUT2D eigenvalue weighted by Crippen LogP contribution is 2.53. The van der Waals surface area contributed by atoms with Crippen LogP contribution in [-0.2, 0) is 9.16 Å². The van der Waals surface area contributed by atoms with Gasteiger partial charge in [-0.3, -0.25) is 0 Å². The van der Waals surface area contributed by atoms with Gasteiger partial charge < -0.3 is 9.16 Å². The highest BCUT2D eigenvalue weighted by molar-refractivity contribution is 6.74. The zero-order valence-corrected chi connectivity index (χ0v) is 14.7. The van der Waals surface area contributed by atoms with Crippen molar-refractivity contribution < 1.29 is 9.16 Å². The Morgan fingerprint density at radius 1 is 1.32 bits per heavy atom. The third-order valence-electron chi connectivity index (χ3n) is 5.55. The number of epoxide rings is 1. The second kappa shape index (κ2) is 4.44. The minimum Gasteiger partial charge on any atom is -0.411 e. The van der Waals surface area contributed by atoms with Crippen LogP contribution in [-0.4, -0.2) is 26.1 Å². The average molecular weight is 282 g/mol. The first-order chi connectivity index (χ1) is 8.47. The molecule has 0 N–H and O–H groups in total. The Morgan fingerprint density at radius 3 is 2.37 bits per heavy atom. The molecule has 2 nitrogen and oxygen atoms in total. The fourth-order valence-electron chi connectivity index (χ4n) is 2.78. The molecule has 0 amide bonds. The smallest absolute Gasteiger partial charge is 0.192 e. The van der Waals surface area contributed by atoms with E-state index in [-0.39, 0.29) is 16.7 Å². The number of fused-ring (bicyclic) bond motifs is 1. The van der Waals surface area contributed by atoms with E-state index in [9.17, 15) is 0 Å². The second-order valence-corrected chi connectivity index (χ2v) is 12.9. The fourth-order valence-corrected chi connectivity index (χ4v) is 4.18. The van der Waals surface area contributed by atoms with E-state index in [1.807, 2.05) is 0 Å². The van der Waals surface area contributed by atoms with E-state index >= 15 is 0 Å². The molecule has 1 heterocycles. The van der Waals surface area contributed by atoms with Gasteiger partial charge in [-0.2, -0.15) is 0 Å². The monoisotopic (exact) mass is 282 g/mol. The first kappa shape index (κ1) is 15.3. The molecule has 2 aliphatic rings. The van der Waals surface area contributed by atoms with Crippen molar-refractivity contribution in [3.05, 3.63) is 12.2 Å². The highest BCUT2D eigenvalue weighted by Gasteiger charge is 2.63. The van der Waals surface area contributed by atoms with Crippen LogP contribution in [0.4, 0.5) is 0 Å². The topological polar surface area (TPSA) is 21.8 Å². The highest BCUT2D eigenvalue weighted by atomic mass is 28.4. The Kier molecular flexibility index (Phi) is 3.57. The van der Waals surface area contributed by atoms with Crippen molar-refractivity contribution in [2.24, 2.45) is 5.92 Å². The summed E-state index contributed by atoms with van der Waals surface area (Å²) in [6.45, 7) is 20.1. The summed E-state index contributed by atoms with van der Waals surface area (Å²) in [5.74, 6) is 0.565. The predicted molar refractivity (Wildman–Crippen MR) is 82.9 cm³/mol. The average Bonchev–Trinajstić information content (AvgIpc) is 2.87. The van der Waals surface area contributed by atoms with Crippen molar-refractivity contribution in [1.82, 2.24) is 0 Å². The van der Waals surface area contributed by atoms with Crippen molar-refractivity contribution in [1.29, 1.82) is 0 Å². The largest absolute Gasteiger partial charge is 0.411 e. The lowest BCUT2D eigenvalue weighted by Crippen LogP contribution is -2.50. The molecule has 0 radical (unpaired) electrons. The van der Waals surface area contributed by atoms with Gasteiger partial charge in [0, 0.05) is 0 Å². The van der Waals surface area contributed by atoms with E-state index in [4.69, 9.17) is 9.16 Å². The van der Waals surface area contributed by atoms with Crippen LogP contribution in [0.5, 0.6) is 0 Å². The third-order valence-corrected chi connectivity index (χ3v) is 10.0. The molecule has 2 rings (SSSR count). The molecule has 4 atom stereocenters. The van der Waals surface area contributed by atoms with Gasteiger partial charge in [0.1, 0.15) is 5.60 Å².